The van der Waals surface area contributed by atoms with Gasteiger partial charge in [-0.2, -0.15) is 0 Å². The zero-order chi connectivity index (χ0) is 12.7. The fourth-order valence-corrected chi connectivity index (χ4v) is 1.24. The van der Waals surface area contributed by atoms with Crippen LogP contribution < -0.4 is 4.74 Å². The Kier molecular flexibility index (Phi) is 5.42. The Hall–Kier alpha value is -1.62. The Balaban J connectivity index is 2.28. The molecule has 4 nitrogen and oxygen atoms in total. The summed E-state index contributed by atoms with van der Waals surface area (Å²) in [6.45, 7) is 1.02. The van der Waals surface area contributed by atoms with Gasteiger partial charge in [0.1, 0.15) is 6.61 Å². The number of halogens is 1. The van der Waals surface area contributed by atoms with Gasteiger partial charge in [-0.25, -0.2) is 4.39 Å². The third-order valence-corrected chi connectivity index (χ3v) is 2.19. The van der Waals surface area contributed by atoms with Crippen molar-refractivity contribution in [3.05, 3.63) is 30.1 Å². The molecule has 0 aliphatic rings. The zero-order valence-electron chi connectivity index (χ0n) is 9.98. The number of para-hydroxylation sites is 1. The molecule has 0 aliphatic carbocycles. The summed E-state index contributed by atoms with van der Waals surface area (Å²) in [4.78, 5) is 12.7. The van der Waals surface area contributed by atoms with Crippen molar-refractivity contribution in [2.75, 3.05) is 33.9 Å². The van der Waals surface area contributed by atoms with Crippen LogP contribution in [0.25, 0.3) is 0 Å². The van der Waals surface area contributed by atoms with E-state index >= 15 is 0 Å². The number of hydrogen-bond donors (Lipinski definition) is 0. The summed E-state index contributed by atoms with van der Waals surface area (Å²) in [6.07, 6.45) is 0. The Labute approximate surface area is 99.9 Å². The van der Waals surface area contributed by atoms with Crippen molar-refractivity contribution in [1.82, 2.24) is 4.90 Å². The van der Waals surface area contributed by atoms with Crippen molar-refractivity contribution in [3.8, 4) is 5.75 Å². The van der Waals surface area contributed by atoms with Crippen molar-refractivity contribution in [3.63, 3.8) is 0 Å². The lowest BCUT2D eigenvalue weighted by Gasteiger charge is -2.15. The molecular formula is C12H16FNO3. The average Bonchev–Trinajstić information content (AvgIpc) is 2.31. The average molecular weight is 241 g/mol. The maximum atomic E-state index is 13.2. The Morgan fingerprint density at radius 1 is 1.41 bits per heavy atom. The van der Waals surface area contributed by atoms with Crippen LogP contribution in [-0.2, 0) is 9.53 Å². The van der Waals surface area contributed by atoms with Crippen LogP contribution in [-0.4, -0.2) is 44.7 Å². The van der Waals surface area contributed by atoms with E-state index in [9.17, 15) is 9.18 Å². The fraction of sp³-hybridized carbons (Fsp3) is 0.417. The molecule has 5 heteroatoms. The molecule has 0 spiro atoms. The van der Waals surface area contributed by atoms with Crippen LogP contribution in [0.2, 0.25) is 0 Å². The van der Waals surface area contributed by atoms with Crippen molar-refractivity contribution in [1.29, 1.82) is 0 Å². The van der Waals surface area contributed by atoms with Crippen molar-refractivity contribution in [2.45, 2.75) is 0 Å². The largest absolute Gasteiger partial charge is 0.489 e. The summed E-state index contributed by atoms with van der Waals surface area (Å²) < 4.78 is 22.9. The SMILES string of the molecule is COC(=O)CN(C)CCOc1ccccc1F. The van der Waals surface area contributed by atoms with Gasteiger partial charge in [-0.1, -0.05) is 12.1 Å². The molecule has 17 heavy (non-hydrogen) atoms. The Bertz CT molecular complexity index is 371. The van der Waals surface area contributed by atoms with Crippen LogP contribution in [0.5, 0.6) is 5.75 Å². The van der Waals surface area contributed by atoms with Crippen LogP contribution in [0, 0.1) is 5.82 Å². The normalized spacial score (nSPS) is 10.4. The quantitative estimate of drug-likeness (QED) is 0.704. The number of carbonyl (C=O) groups excluding carboxylic acids is 1. The van der Waals surface area contributed by atoms with E-state index in [0.29, 0.717) is 13.2 Å². The van der Waals surface area contributed by atoms with Gasteiger partial charge in [0.2, 0.25) is 0 Å². The van der Waals surface area contributed by atoms with E-state index < -0.39 is 0 Å². The molecule has 0 heterocycles. The molecule has 0 unspecified atom stereocenters. The third-order valence-electron chi connectivity index (χ3n) is 2.19. The van der Waals surface area contributed by atoms with Gasteiger partial charge < -0.3 is 9.47 Å². The molecule has 0 saturated heterocycles. The monoisotopic (exact) mass is 241 g/mol. The molecule has 0 N–H and O–H groups in total. The molecule has 0 radical (unpaired) electrons. The second-order valence-electron chi connectivity index (χ2n) is 3.59. The van der Waals surface area contributed by atoms with E-state index in [1.165, 1.54) is 13.2 Å². The van der Waals surface area contributed by atoms with Crippen molar-refractivity contribution >= 4 is 5.97 Å². The first-order valence-electron chi connectivity index (χ1n) is 5.26. The lowest BCUT2D eigenvalue weighted by atomic mass is 10.3. The van der Waals surface area contributed by atoms with Crippen LogP contribution in [0.15, 0.2) is 24.3 Å². The highest BCUT2D eigenvalue weighted by molar-refractivity contribution is 5.71. The summed E-state index contributed by atoms with van der Waals surface area (Å²) in [5.41, 5.74) is 0. The second-order valence-corrected chi connectivity index (χ2v) is 3.59. The van der Waals surface area contributed by atoms with Gasteiger partial charge in [0, 0.05) is 6.54 Å². The number of hydrogen-bond acceptors (Lipinski definition) is 4. The number of esters is 1. The van der Waals surface area contributed by atoms with Gasteiger partial charge in [0.05, 0.1) is 13.7 Å². The smallest absolute Gasteiger partial charge is 0.319 e. The topological polar surface area (TPSA) is 38.8 Å². The van der Waals surface area contributed by atoms with E-state index in [1.54, 1.807) is 30.1 Å². The first kappa shape index (κ1) is 13.4. The number of rotatable bonds is 6. The van der Waals surface area contributed by atoms with Crippen LogP contribution in [0.1, 0.15) is 0 Å². The number of nitrogens with zero attached hydrogens (tertiary/aromatic N) is 1. The lowest BCUT2D eigenvalue weighted by Crippen LogP contribution is -2.30. The maximum Gasteiger partial charge on any atom is 0.319 e. The van der Waals surface area contributed by atoms with Gasteiger partial charge in [-0.3, -0.25) is 9.69 Å². The minimum Gasteiger partial charge on any atom is -0.489 e. The Morgan fingerprint density at radius 3 is 2.76 bits per heavy atom. The van der Waals surface area contributed by atoms with Crippen LogP contribution in [0.3, 0.4) is 0 Å². The number of methoxy groups -OCH3 is 1. The number of likely N-dealkylation sites (N-methyl/N-ethyl adjacent to an activating group) is 1. The highest BCUT2D eigenvalue weighted by Gasteiger charge is 2.06. The molecule has 0 amide bonds. The molecule has 1 rings (SSSR count). The number of benzene rings is 1. The zero-order valence-corrected chi connectivity index (χ0v) is 9.98. The summed E-state index contributed by atoms with van der Waals surface area (Å²) in [6, 6.07) is 6.21. The molecular weight excluding hydrogens is 225 g/mol. The van der Waals surface area contributed by atoms with E-state index in [-0.39, 0.29) is 24.1 Å². The first-order valence-corrected chi connectivity index (χ1v) is 5.26. The van der Waals surface area contributed by atoms with Gasteiger partial charge in [-0.15, -0.1) is 0 Å². The highest BCUT2D eigenvalue weighted by Crippen LogP contribution is 2.14. The van der Waals surface area contributed by atoms with Gasteiger partial charge >= 0.3 is 5.97 Å². The highest BCUT2D eigenvalue weighted by atomic mass is 19.1. The molecule has 0 atom stereocenters. The molecule has 94 valence electrons. The fourth-order valence-electron chi connectivity index (χ4n) is 1.24. The number of carbonyl (C=O) groups is 1. The van der Waals surface area contributed by atoms with E-state index in [4.69, 9.17) is 4.74 Å². The predicted molar refractivity (Wildman–Crippen MR) is 61.4 cm³/mol. The third kappa shape index (κ3) is 4.82. The first-order chi connectivity index (χ1) is 8.13. The summed E-state index contributed by atoms with van der Waals surface area (Å²) in [5.74, 6) is -0.472. The molecule has 0 aliphatic heterocycles. The summed E-state index contributed by atoms with van der Waals surface area (Å²) >= 11 is 0. The van der Waals surface area contributed by atoms with E-state index in [0.717, 1.165) is 0 Å². The lowest BCUT2D eigenvalue weighted by molar-refractivity contribution is -0.141. The predicted octanol–water partition coefficient (Wildman–Crippen LogP) is 1.31. The molecule has 1 aromatic rings. The number of ether oxygens (including phenoxy) is 2. The van der Waals surface area contributed by atoms with Gasteiger partial charge in [-0.05, 0) is 19.2 Å². The minimum absolute atomic E-state index is 0.192. The molecule has 0 fully saturated rings. The second kappa shape index (κ2) is 6.85. The van der Waals surface area contributed by atoms with Crippen molar-refractivity contribution in [2.24, 2.45) is 0 Å². The van der Waals surface area contributed by atoms with Crippen LogP contribution >= 0.6 is 0 Å². The van der Waals surface area contributed by atoms with Gasteiger partial charge in [0.15, 0.2) is 11.6 Å². The maximum absolute atomic E-state index is 13.2. The molecule has 1 aromatic carbocycles. The Morgan fingerprint density at radius 2 is 2.12 bits per heavy atom. The van der Waals surface area contributed by atoms with Crippen LogP contribution in [0.4, 0.5) is 4.39 Å². The van der Waals surface area contributed by atoms with Crippen molar-refractivity contribution < 1.29 is 18.7 Å². The molecule has 0 bridgehead atoms. The van der Waals surface area contributed by atoms with E-state index in [2.05, 4.69) is 4.74 Å². The summed E-state index contributed by atoms with van der Waals surface area (Å²) in [7, 11) is 3.10. The summed E-state index contributed by atoms with van der Waals surface area (Å²) in [5, 5.41) is 0. The van der Waals surface area contributed by atoms with Gasteiger partial charge in [0.25, 0.3) is 0 Å². The minimum atomic E-state index is -0.386. The standard InChI is InChI=1S/C12H16FNO3/c1-14(9-12(15)16-2)7-8-17-11-6-4-3-5-10(11)13/h3-6H,7-9H2,1-2H3. The molecule has 0 saturated carbocycles. The molecule has 0 aromatic heterocycles. The van der Waals surface area contributed by atoms with E-state index in [1.807, 2.05) is 0 Å².